The van der Waals surface area contributed by atoms with Crippen molar-refractivity contribution in [3.63, 3.8) is 0 Å². The number of para-hydroxylation sites is 2. The lowest BCUT2D eigenvalue weighted by molar-refractivity contribution is 0.434. The number of furan rings is 1. The molecule has 0 spiro atoms. The molecule has 3 heterocycles. The second-order valence-corrected chi connectivity index (χ2v) is 10.7. The third-order valence-electron chi connectivity index (χ3n) is 7.34. The van der Waals surface area contributed by atoms with Crippen molar-refractivity contribution in [2.75, 3.05) is 6.54 Å². The zero-order valence-electron chi connectivity index (χ0n) is 22.3. The molecule has 1 aromatic heterocycles. The Balaban J connectivity index is 1.38. The number of fused-ring (bicyclic) bond motifs is 3. The maximum atomic E-state index is 6.66. The van der Waals surface area contributed by atoms with E-state index in [4.69, 9.17) is 4.42 Å². The molecule has 0 bridgehead atoms. The first-order valence-corrected chi connectivity index (χ1v) is 13.5. The van der Waals surface area contributed by atoms with Gasteiger partial charge in [-0.05, 0) is 48.6 Å². The van der Waals surface area contributed by atoms with Gasteiger partial charge in [-0.25, -0.2) is 0 Å². The molecule has 3 aromatic carbocycles. The van der Waals surface area contributed by atoms with Crippen LogP contribution in [0.4, 0.5) is 0 Å². The lowest BCUT2D eigenvalue weighted by Crippen LogP contribution is -2.19. The number of nitrogens with zero attached hydrogens (tertiary/aromatic N) is 1. The Bertz CT molecular complexity index is 1640. The minimum atomic E-state index is 0.0406. The van der Waals surface area contributed by atoms with Crippen LogP contribution in [0.1, 0.15) is 49.1 Å². The summed E-state index contributed by atoms with van der Waals surface area (Å²) < 4.78 is 6.66. The van der Waals surface area contributed by atoms with Crippen molar-refractivity contribution in [1.29, 1.82) is 0 Å². The quantitative estimate of drug-likeness (QED) is 0.288. The lowest BCUT2D eigenvalue weighted by Gasteiger charge is -2.27. The van der Waals surface area contributed by atoms with E-state index in [0.717, 1.165) is 29.8 Å². The smallest absolute Gasteiger partial charge is 0.141 e. The maximum Gasteiger partial charge on any atom is 0.141 e. The number of benzene rings is 3. The standard InChI is InChI=1S/C35H34N2O/c1-24(2)22-27-11-8-13-29-30-14-9-15-31(35(30)38-34(27)29)33-16-6-7-20-37(33)21-19-26-10-4-5-12-28(26)32-18-17-25(3)23-36-32/h4-21,24,33,36H,22-23H2,1-3H3/b21-19+. The topological polar surface area (TPSA) is 28.4 Å². The van der Waals surface area contributed by atoms with Gasteiger partial charge in [0.2, 0.25) is 0 Å². The van der Waals surface area contributed by atoms with E-state index < -0.39 is 0 Å². The van der Waals surface area contributed by atoms with Crippen LogP contribution in [0.15, 0.2) is 113 Å². The van der Waals surface area contributed by atoms with Crippen LogP contribution < -0.4 is 5.32 Å². The van der Waals surface area contributed by atoms with Crippen LogP contribution in [-0.2, 0) is 6.42 Å². The first kappa shape index (κ1) is 24.1. The summed E-state index contributed by atoms with van der Waals surface area (Å²) in [6, 6.07) is 21.7. The number of allylic oxidation sites excluding steroid dienone is 4. The van der Waals surface area contributed by atoms with Gasteiger partial charge < -0.3 is 14.6 Å². The highest BCUT2D eigenvalue weighted by atomic mass is 16.3. The predicted molar refractivity (Wildman–Crippen MR) is 160 cm³/mol. The van der Waals surface area contributed by atoms with E-state index in [1.165, 1.54) is 38.6 Å². The van der Waals surface area contributed by atoms with Gasteiger partial charge in [-0.1, -0.05) is 98.3 Å². The van der Waals surface area contributed by atoms with Gasteiger partial charge in [0, 0.05) is 46.5 Å². The van der Waals surface area contributed by atoms with Gasteiger partial charge in [0.25, 0.3) is 0 Å². The zero-order chi connectivity index (χ0) is 26.1. The molecule has 0 radical (unpaired) electrons. The van der Waals surface area contributed by atoms with Crippen molar-refractivity contribution in [1.82, 2.24) is 10.2 Å². The highest BCUT2D eigenvalue weighted by Gasteiger charge is 2.22. The van der Waals surface area contributed by atoms with Crippen LogP contribution >= 0.6 is 0 Å². The van der Waals surface area contributed by atoms with E-state index in [0.29, 0.717) is 5.92 Å². The first-order chi connectivity index (χ1) is 18.6. The van der Waals surface area contributed by atoms with E-state index in [1.807, 2.05) is 0 Å². The molecule has 0 saturated carbocycles. The summed E-state index contributed by atoms with van der Waals surface area (Å²) in [4.78, 5) is 2.26. The van der Waals surface area contributed by atoms with Crippen LogP contribution in [0.3, 0.4) is 0 Å². The number of dihydropyridines is 1. The van der Waals surface area contributed by atoms with E-state index in [2.05, 4.69) is 141 Å². The van der Waals surface area contributed by atoms with E-state index in [1.54, 1.807) is 0 Å². The highest BCUT2D eigenvalue weighted by molar-refractivity contribution is 6.07. The molecule has 190 valence electrons. The van der Waals surface area contributed by atoms with E-state index in [9.17, 15) is 0 Å². The largest absolute Gasteiger partial charge is 0.455 e. The van der Waals surface area contributed by atoms with Crippen molar-refractivity contribution in [2.24, 2.45) is 5.92 Å². The lowest BCUT2D eigenvalue weighted by atomic mass is 9.98. The fourth-order valence-electron chi connectivity index (χ4n) is 5.47. The molecular weight excluding hydrogens is 464 g/mol. The Labute approximate surface area is 225 Å². The molecule has 1 atom stereocenters. The first-order valence-electron chi connectivity index (χ1n) is 13.5. The average Bonchev–Trinajstić information content (AvgIpc) is 3.33. The summed E-state index contributed by atoms with van der Waals surface area (Å²) in [5, 5.41) is 5.93. The van der Waals surface area contributed by atoms with Crippen molar-refractivity contribution in [3.8, 4) is 0 Å². The third-order valence-corrected chi connectivity index (χ3v) is 7.34. The van der Waals surface area contributed by atoms with Gasteiger partial charge in [0.1, 0.15) is 11.2 Å². The van der Waals surface area contributed by atoms with Gasteiger partial charge in [0.15, 0.2) is 0 Å². The molecule has 0 saturated heterocycles. The summed E-state index contributed by atoms with van der Waals surface area (Å²) in [5.41, 5.74) is 9.33. The van der Waals surface area contributed by atoms with Gasteiger partial charge in [-0.2, -0.15) is 0 Å². The van der Waals surface area contributed by atoms with Crippen molar-refractivity contribution >= 4 is 33.7 Å². The van der Waals surface area contributed by atoms with Crippen LogP contribution in [-0.4, -0.2) is 11.4 Å². The molecule has 0 amide bonds. The van der Waals surface area contributed by atoms with Crippen molar-refractivity contribution < 1.29 is 4.42 Å². The molecule has 38 heavy (non-hydrogen) atoms. The fraction of sp³-hybridized carbons (Fsp3) is 0.200. The molecule has 3 heteroatoms. The summed E-state index contributed by atoms with van der Waals surface area (Å²) in [6.07, 6.45) is 18.4. The molecule has 0 aliphatic carbocycles. The zero-order valence-corrected chi connectivity index (χ0v) is 22.3. The van der Waals surface area contributed by atoms with E-state index in [-0.39, 0.29) is 6.04 Å². The summed E-state index contributed by atoms with van der Waals surface area (Å²) in [6.45, 7) is 7.54. The van der Waals surface area contributed by atoms with Gasteiger partial charge in [-0.15, -0.1) is 0 Å². The van der Waals surface area contributed by atoms with Crippen LogP contribution in [0.25, 0.3) is 33.7 Å². The van der Waals surface area contributed by atoms with Gasteiger partial charge >= 0.3 is 0 Å². The summed E-state index contributed by atoms with van der Waals surface area (Å²) >= 11 is 0. The molecule has 0 fully saturated rings. The SMILES string of the molecule is CC1=CC=C(c2ccccc2/C=C/N2C=CC=CC2c2cccc3c2oc2c(CC(C)C)cccc23)NC1. The fourth-order valence-corrected chi connectivity index (χ4v) is 5.47. The third kappa shape index (κ3) is 4.61. The Morgan fingerprint density at radius 3 is 2.58 bits per heavy atom. The Morgan fingerprint density at radius 1 is 0.947 bits per heavy atom. The molecule has 1 N–H and O–H groups in total. The number of nitrogens with one attached hydrogen (secondary N) is 1. The highest BCUT2D eigenvalue weighted by Crippen LogP contribution is 2.38. The summed E-state index contributed by atoms with van der Waals surface area (Å²) in [7, 11) is 0. The Morgan fingerprint density at radius 2 is 1.76 bits per heavy atom. The Kier molecular flexibility index (Phi) is 6.51. The van der Waals surface area contributed by atoms with Gasteiger partial charge in [0.05, 0.1) is 6.04 Å². The number of hydrogen-bond donors (Lipinski definition) is 1. The Hall–Kier alpha value is -4.24. The normalized spacial score (nSPS) is 17.5. The molecule has 4 aromatic rings. The molecular formula is C35H34N2O. The maximum absolute atomic E-state index is 6.66. The van der Waals surface area contributed by atoms with Crippen LogP contribution in [0.2, 0.25) is 0 Å². The predicted octanol–water partition coefficient (Wildman–Crippen LogP) is 8.77. The van der Waals surface area contributed by atoms with Crippen LogP contribution in [0.5, 0.6) is 0 Å². The van der Waals surface area contributed by atoms with Crippen molar-refractivity contribution in [2.45, 2.75) is 33.2 Å². The van der Waals surface area contributed by atoms with Gasteiger partial charge in [-0.3, -0.25) is 0 Å². The number of rotatable bonds is 6. The minimum Gasteiger partial charge on any atom is -0.455 e. The summed E-state index contributed by atoms with van der Waals surface area (Å²) in [5.74, 6) is 0.572. The minimum absolute atomic E-state index is 0.0406. The molecule has 1 unspecified atom stereocenters. The molecule has 2 aliphatic heterocycles. The average molecular weight is 499 g/mol. The number of hydrogen-bond acceptors (Lipinski definition) is 3. The second-order valence-electron chi connectivity index (χ2n) is 10.7. The monoisotopic (exact) mass is 498 g/mol. The second kappa shape index (κ2) is 10.3. The van der Waals surface area contributed by atoms with E-state index >= 15 is 0 Å². The van der Waals surface area contributed by atoms with Crippen molar-refractivity contribution in [3.05, 3.63) is 131 Å². The molecule has 3 nitrogen and oxygen atoms in total. The molecule has 6 rings (SSSR count). The molecule has 2 aliphatic rings. The van der Waals surface area contributed by atoms with Crippen LogP contribution in [0, 0.1) is 5.92 Å².